The SMILES string of the molecule is O=C(CNCCNc1nc(-c2cccnc2)cs1)n1cccc1. The molecule has 0 bridgehead atoms. The van der Waals surface area contributed by atoms with Crippen molar-refractivity contribution >= 4 is 22.4 Å². The molecule has 0 fully saturated rings. The zero-order valence-electron chi connectivity index (χ0n) is 12.5. The van der Waals surface area contributed by atoms with Crippen LogP contribution in [-0.4, -0.2) is 40.1 Å². The van der Waals surface area contributed by atoms with Crippen LogP contribution in [0.4, 0.5) is 5.13 Å². The summed E-state index contributed by atoms with van der Waals surface area (Å²) < 4.78 is 1.57. The number of thiazole rings is 1. The number of pyridine rings is 1. The van der Waals surface area contributed by atoms with Crippen LogP contribution in [0.1, 0.15) is 4.79 Å². The number of rotatable bonds is 7. The van der Waals surface area contributed by atoms with Gasteiger partial charge >= 0.3 is 0 Å². The Morgan fingerprint density at radius 1 is 1.22 bits per heavy atom. The van der Waals surface area contributed by atoms with Gasteiger partial charge in [-0.25, -0.2) is 4.98 Å². The van der Waals surface area contributed by atoms with Crippen LogP contribution in [0.3, 0.4) is 0 Å². The van der Waals surface area contributed by atoms with Gasteiger partial charge in [-0.05, 0) is 24.3 Å². The van der Waals surface area contributed by atoms with Gasteiger partial charge < -0.3 is 10.6 Å². The Morgan fingerprint density at radius 3 is 2.87 bits per heavy atom. The van der Waals surface area contributed by atoms with E-state index in [1.54, 1.807) is 40.7 Å². The molecular formula is C16H17N5OS. The molecule has 23 heavy (non-hydrogen) atoms. The molecule has 0 aliphatic rings. The maximum atomic E-state index is 11.8. The average molecular weight is 327 g/mol. The summed E-state index contributed by atoms with van der Waals surface area (Å²) in [6.45, 7) is 1.71. The second-order valence-corrected chi connectivity index (χ2v) is 5.73. The van der Waals surface area contributed by atoms with Crippen LogP contribution < -0.4 is 10.6 Å². The lowest BCUT2D eigenvalue weighted by Crippen LogP contribution is -2.30. The molecule has 6 nitrogen and oxygen atoms in total. The zero-order valence-corrected chi connectivity index (χ0v) is 13.3. The minimum absolute atomic E-state index is 0.0307. The molecule has 2 N–H and O–H groups in total. The smallest absolute Gasteiger partial charge is 0.244 e. The lowest BCUT2D eigenvalue weighted by molar-refractivity contribution is 0.0913. The van der Waals surface area contributed by atoms with Crippen molar-refractivity contribution in [1.29, 1.82) is 0 Å². The van der Waals surface area contributed by atoms with Gasteiger partial charge in [-0.15, -0.1) is 11.3 Å². The molecule has 0 aliphatic heterocycles. The summed E-state index contributed by atoms with van der Waals surface area (Å²) in [6.07, 6.45) is 7.04. The standard InChI is InChI=1S/C16H17N5OS/c22-15(21-8-1-2-9-21)11-18-6-7-19-16-20-14(12-23-16)13-4-3-5-17-10-13/h1-5,8-10,12,18H,6-7,11H2,(H,19,20). The van der Waals surface area contributed by atoms with Gasteiger partial charge in [0.15, 0.2) is 5.13 Å². The van der Waals surface area contributed by atoms with E-state index >= 15 is 0 Å². The normalized spacial score (nSPS) is 10.6. The highest BCUT2D eigenvalue weighted by Gasteiger charge is 2.04. The quantitative estimate of drug-likeness (QED) is 0.652. The predicted octanol–water partition coefficient (Wildman–Crippen LogP) is 2.35. The first-order valence-corrected chi connectivity index (χ1v) is 8.17. The molecule has 7 heteroatoms. The number of hydrogen-bond donors (Lipinski definition) is 2. The molecule has 0 atom stereocenters. The molecule has 0 aliphatic carbocycles. The molecule has 3 heterocycles. The molecular weight excluding hydrogens is 310 g/mol. The van der Waals surface area contributed by atoms with Crippen molar-refractivity contribution in [2.24, 2.45) is 0 Å². The fourth-order valence-corrected chi connectivity index (χ4v) is 2.80. The van der Waals surface area contributed by atoms with Gasteiger partial charge in [0, 0.05) is 48.8 Å². The lowest BCUT2D eigenvalue weighted by atomic mass is 10.2. The molecule has 0 amide bonds. The third-order valence-electron chi connectivity index (χ3n) is 3.21. The lowest BCUT2D eigenvalue weighted by Gasteiger charge is -2.05. The first kappa shape index (κ1) is 15.4. The highest BCUT2D eigenvalue weighted by atomic mass is 32.1. The minimum Gasteiger partial charge on any atom is -0.360 e. The fraction of sp³-hybridized carbons (Fsp3) is 0.188. The van der Waals surface area contributed by atoms with Gasteiger partial charge in [-0.3, -0.25) is 14.3 Å². The molecule has 118 valence electrons. The number of carbonyl (C=O) groups is 1. The van der Waals surface area contributed by atoms with Crippen molar-refractivity contribution in [2.45, 2.75) is 0 Å². The Kier molecular flexibility index (Phi) is 5.13. The Morgan fingerprint density at radius 2 is 2.09 bits per heavy atom. The van der Waals surface area contributed by atoms with E-state index in [1.807, 2.05) is 29.6 Å². The van der Waals surface area contributed by atoms with E-state index in [4.69, 9.17) is 0 Å². The summed E-state index contributed by atoms with van der Waals surface area (Å²) in [5.74, 6) is 0.0307. The Bertz CT molecular complexity index is 739. The van der Waals surface area contributed by atoms with Crippen molar-refractivity contribution in [1.82, 2.24) is 19.9 Å². The maximum absolute atomic E-state index is 11.8. The van der Waals surface area contributed by atoms with Gasteiger partial charge in [-0.2, -0.15) is 0 Å². The van der Waals surface area contributed by atoms with E-state index in [2.05, 4.69) is 20.6 Å². The van der Waals surface area contributed by atoms with Crippen LogP contribution in [0.25, 0.3) is 11.3 Å². The molecule has 0 radical (unpaired) electrons. The third kappa shape index (κ3) is 4.24. The predicted molar refractivity (Wildman–Crippen MR) is 91.8 cm³/mol. The first-order valence-electron chi connectivity index (χ1n) is 7.29. The Hall–Kier alpha value is -2.51. The molecule has 3 rings (SSSR count). The second kappa shape index (κ2) is 7.66. The van der Waals surface area contributed by atoms with Crippen molar-refractivity contribution in [2.75, 3.05) is 25.0 Å². The second-order valence-electron chi connectivity index (χ2n) is 4.87. The molecule has 0 unspecified atom stereocenters. The topological polar surface area (TPSA) is 71.8 Å². The van der Waals surface area contributed by atoms with Gasteiger partial charge in [0.2, 0.25) is 5.91 Å². The van der Waals surface area contributed by atoms with Crippen molar-refractivity contribution in [3.63, 3.8) is 0 Å². The zero-order chi connectivity index (χ0) is 15.9. The third-order valence-corrected chi connectivity index (χ3v) is 4.01. The van der Waals surface area contributed by atoms with E-state index in [0.717, 1.165) is 16.4 Å². The van der Waals surface area contributed by atoms with Crippen LogP contribution in [-0.2, 0) is 0 Å². The Labute approximate surface area is 138 Å². The van der Waals surface area contributed by atoms with Gasteiger partial charge in [0.05, 0.1) is 12.2 Å². The van der Waals surface area contributed by atoms with Crippen molar-refractivity contribution in [3.05, 3.63) is 54.4 Å². The Balaban J connectivity index is 1.40. The van der Waals surface area contributed by atoms with E-state index in [9.17, 15) is 4.79 Å². The van der Waals surface area contributed by atoms with Crippen molar-refractivity contribution in [3.8, 4) is 11.3 Å². The van der Waals surface area contributed by atoms with Gasteiger partial charge in [-0.1, -0.05) is 0 Å². The van der Waals surface area contributed by atoms with Crippen LogP contribution in [0, 0.1) is 0 Å². The number of hydrogen-bond acceptors (Lipinski definition) is 6. The number of nitrogens with zero attached hydrogens (tertiary/aromatic N) is 3. The van der Waals surface area contributed by atoms with E-state index in [-0.39, 0.29) is 5.91 Å². The maximum Gasteiger partial charge on any atom is 0.244 e. The molecule has 0 saturated carbocycles. The fourth-order valence-electron chi connectivity index (χ4n) is 2.05. The largest absolute Gasteiger partial charge is 0.360 e. The van der Waals surface area contributed by atoms with Crippen LogP contribution in [0.15, 0.2) is 54.4 Å². The summed E-state index contributed by atoms with van der Waals surface area (Å²) in [7, 11) is 0. The monoisotopic (exact) mass is 327 g/mol. The van der Waals surface area contributed by atoms with Crippen LogP contribution >= 0.6 is 11.3 Å². The van der Waals surface area contributed by atoms with E-state index in [1.165, 1.54) is 0 Å². The molecule has 3 aromatic rings. The summed E-state index contributed by atoms with van der Waals surface area (Å²) >= 11 is 1.56. The summed E-state index contributed by atoms with van der Waals surface area (Å²) in [5, 5.41) is 9.23. The van der Waals surface area contributed by atoms with Crippen LogP contribution in [0.5, 0.6) is 0 Å². The number of carbonyl (C=O) groups excluding carboxylic acids is 1. The highest BCUT2D eigenvalue weighted by molar-refractivity contribution is 7.14. The first-order chi connectivity index (χ1) is 11.3. The number of nitrogens with one attached hydrogen (secondary N) is 2. The summed E-state index contributed by atoms with van der Waals surface area (Å²) in [5.41, 5.74) is 1.92. The summed E-state index contributed by atoms with van der Waals surface area (Å²) in [6, 6.07) is 7.55. The van der Waals surface area contributed by atoms with E-state index < -0.39 is 0 Å². The average Bonchev–Trinajstić information content (AvgIpc) is 3.27. The van der Waals surface area contributed by atoms with Crippen molar-refractivity contribution < 1.29 is 4.79 Å². The highest BCUT2D eigenvalue weighted by Crippen LogP contribution is 2.23. The molecule has 3 aromatic heterocycles. The number of aromatic nitrogens is 3. The number of anilines is 1. The van der Waals surface area contributed by atoms with Gasteiger partial charge in [0.25, 0.3) is 0 Å². The summed E-state index contributed by atoms with van der Waals surface area (Å²) in [4.78, 5) is 20.4. The molecule has 0 saturated heterocycles. The van der Waals surface area contributed by atoms with E-state index in [0.29, 0.717) is 19.6 Å². The molecule has 0 spiro atoms. The minimum atomic E-state index is 0.0307. The van der Waals surface area contributed by atoms with Gasteiger partial charge in [0.1, 0.15) is 0 Å². The van der Waals surface area contributed by atoms with Crippen LogP contribution in [0.2, 0.25) is 0 Å². The molecule has 0 aromatic carbocycles.